The minimum absolute atomic E-state index is 0.127. The van der Waals surface area contributed by atoms with Crippen LogP contribution in [0.2, 0.25) is 0 Å². The molecular formula is C16H29NO2. The van der Waals surface area contributed by atoms with Gasteiger partial charge in [0.1, 0.15) is 0 Å². The van der Waals surface area contributed by atoms with Crippen molar-refractivity contribution in [2.45, 2.75) is 57.6 Å². The van der Waals surface area contributed by atoms with Gasteiger partial charge >= 0.3 is 0 Å². The molecule has 0 bridgehead atoms. The van der Waals surface area contributed by atoms with Gasteiger partial charge < -0.3 is 14.8 Å². The van der Waals surface area contributed by atoms with Gasteiger partial charge in [0.25, 0.3) is 0 Å². The van der Waals surface area contributed by atoms with E-state index in [2.05, 4.69) is 31.3 Å². The van der Waals surface area contributed by atoms with E-state index in [1.54, 1.807) is 0 Å². The van der Waals surface area contributed by atoms with E-state index in [1.807, 2.05) is 0 Å². The van der Waals surface area contributed by atoms with Crippen molar-refractivity contribution >= 4 is 0 Å². The minimum atomic E-state index is 0.127. The van der Waals surface area contributed by atoms with Crippen LogP contribution >= 0.6 is 0 Å². The summed E-state index contributed by atoms with van der Waals surface area (Å²) in [5.74, 6) is 0.700. The number of ether oxygens (including phenoxy) is 2. The normalized spacial score (nSPS) is 27.4. The highest BCUT2D eigenvalue weighted by atomic mass is 16.5. The number of hydrogen-bond acceptors (Lipinski definition) is 3. The summed E-state index contributed by atoms with van der Waals surface area (Å²) in [6.07, 6.45) is 10.4. The van der Waals surface area contributed by atoms with E-state index < -0.39 is 0 Å². The molecule has 2 rings (SSSR count). The van der Waals surface area contributed by atoms with Gasteiger partial charge in [-0.1, -0.05) is 26.0 Å². The van der Waals surface area contributed by atoms with Crippen LogP contribution in [-0.4, -0.2) is 38.0 Å². The molecule has 0 amide bonds. The van der Waals surface area contributed by atoms with Crippen molar-refractivity contribution in [2.75, 3.05) is 26.4 Å². The zero-order valence-corrected chi connectivity index (χ0v) is 12.5. The van der Waals surface area contributed by atoms with Crippen molar-refractivity contribution in [3.63, 3.8) is 0 Å². The first kappa shape index (κ1) is 15.0. The highest BCUT2D eigenvalue weighted by Gasteiger charge is 2.38. The maximum atomic E-state index is 6.07. The summed E-state index contributed by atoms with van der Waals surface area (Å²) in [7, 11) is 0. The Morgan fingerprint density at radius 1 is 1.26 bits per heavy atom. The number of rotatable bonds is 5. The van der Waals surface area contributed by atoms with Crippen LogP contribution in [0.15, 0.2) is 12.2 Å². The van der Waals surface area contributed by atoms with Crippen molar-refractivity contribution in [1.29, 1.82) is 0 Å². The fraction of sp³-hybridized carbons (Fsp3) is 0.875. The summed E-state index contributed by atoms with van der Waals surface area (Å²) in [5.41, 5.74) is 0.127. The first-order valence-electron chi connectivity index (χ1n) is 7.82. The van der Waals surface area contributed by atoms with E-state index in [9.17, 15) is 0 Å². The molecule has 2 aliphatic heterocycles. The van der Waals surface area contributed by atoms with Gasteiger partial charge in [0.2, 0.25) is 0 Å². The van der Waals surface area contributed by atoms with Crippen LogP contribution in [0.25, 0.3) is 0 Å². The summed E-state index contributed by atoms with van der Waals surface area (Å²) in [6, 6.07) is 0.585. The van der Waals surface area contributed by atoms with Gasteiger partial charge in [-0.05, 0) is 44.6 Å². The monoisotopic (exact) mass is 267 g/mol. The molecule has 0 aromatic carbocycles. The molecule has 2 saturated heterocycles. The molecule has 2 aliphatic rings. The predicted molar refractivity (Wildman–Crippen MR) is 78.4 cm³/mol. The van der Waals surface area contributed by atoms with Gasteiger partial charge in [0.05, 0.1) is 5.60 Å². The Morgan fingerprint density at radius 3 is 2.79 bits per heavy atom. The Bertz CT molecular complexity index is 277. The van der Waals surface area contributed by atoms with Crippen molar-refractivity contribution in [1.82, 2.24) is 5.32 Å². The lowest BCUT2D eigenvalue weighted by Crippen LogP contribution is -2.44. The second kappa shape index (κ2) is 7.41. The molecule has 1 atom stereocenters. The van der Waals surface area contributed by atoms with Crippen LogP contribution in [0.5, 0.6) is 0 Å². The fourth-order valence-electron chi connectivity index (χ4n) is 3.07. The molecule has 0 aromatic heterocycles. The van der Waals surface area contributed by atoms with Crippen LogP contribution in [0.1, 0.15) is 46.0 Å². The van der Waals surface area contributed by atoms with E-state index in [0.29, 0.717) is 12.0 Å². The van der Waals surface area contributed by atoms with Gasteiger partial charge in [0.15, 0.2) is 0 Å². The molecule has 3 nitrogen and oxygen atoms in total. The zero-order chi connectivity index (χ0) is 13.6. The van der Waals surface area contributed by atoms with Crippen LogP contribution in [0.4, 0.5) is 0 Å². The van der Waals surface area contributed by atoms with Gasteiger partial charge in [-0.15, -0.1) is 0 Å². The Balaban J connectivity index is 1.73. The standard InChI is InChI=1S/C16H29NO2/c1-14(2)17-9-4-3-5-15-6-10-19-16(13-15)7-11-18-12-8-16/h3,5,14-15,17H,4,6-13H2,1-2H3. The number of nitrogens with one attached hydrogen (secondary N) is 1. The maximum Gasteiger partial charge on any atom is 0.0732 e. The quantitative estimate of drug-likeness (QED) is 0.614. The third-order valence-corrected chi connectivity index (χ3v) is 4.21. The topological polar surface area (TPSA) is 30.5 Å². The highest BCUT2D eigenvalue weighted by Crippen LogP contribution is 2.37. The molecule has 0 saturated carbocycles. The summed E-state index contributed by atoms with van der Waals surface area (Å²) in [6.45, 7) is 8.12. The van der Waals surface area contributed by atoms with Crippen molar-refractivity contribution in [3.8, 4) is 0 Å². The molecule has 2 fully saturated rings. The third-order valence-electron chi connectivity index (χ3n) is 4.21. The van der Waals surface area contributed by atoms with Crippen LogP contribution in [0.3, 0.4) is 0 Å². The molecule has 0 aliphatic carbocycles. The molecule has 1 spiro atoms. The maximum absolute atomic E-state index is 6.07. The first-order valence-corrected chi connectivity index (χ1v) is 7.82. The Morgan fingerprint density at radius 2 is 2.05 bits per heavy atom. The number of allylic oxidation sites excluding steroid dienone is 1. The van der Waals surface area contributed by atoms with Gasteiger partial charge in [-0.3, -0.25) is 0 Å². The van der Waals surface area contributed by atoms with Gasteiger partial charge in [0, 0.05) is 25.9 Å². The first-order chi connectivity index (χ1) is 9.20. The lowest BCUT2D eigenvalue weighted by molar-refractivity contribution is -0.141. The van der Waals surface area contributed by atoms with Gasteiger partial charge in [-0.2, -0.15) is 0 Å². The second-order valence-corrected chi connectivity index (χ2v) is 6.22. The lowest BCUT2D eigenvalue weighted by Gasteiger charge is -2.42. The summed E-state index contributed by atoms with van der Waals surface area (Å²) in [5, 5.41) is 3.45. The minimum Gasteiger partial charge on any atom is -0.381 e. The summed E-state index contributed by atoms with van der Waals surface area (Å²) >= 11 is 0. The summed E-state index contributed by atoms with van der Waals surface area (Å²) in [4.78, 5) is 0. The largest absolute Gasteiger partial charge is 0.381 e. The molecule has 0 radical (unpaired) electrons. The molecule has 19 heavy (non-hydrogen) atoms. The molecule has 1 unspecified atom stereocenters. The molecule has 0 aromatic rings. The van der Waals surface area contributed by atoms with E-state index in [-0.39, 0.29) is 5.60 Å². The predicted octanol–water partition coefficient (Wildman–Crippen LogP) is 2.91. The van der Waals surface area contributed by atoms with Gasteiger partial charge in [-0.25, -0.2) is 0 Å². The lowest BCUT2D eigenvalue weighted by atomic mass is 9.80. The Labute approximate surface area is 117 Å². The molecular weight excluding hydrogens is 238 g/mol. The van der Waals surface area contributed by atoms with E-state index in [0.717, 1.165) is 45.6 Å². The molecule has 110 valence electrons. The SMILES string of the molecule is CC(C)NCCC=CC1CCOC2(CCOCC2)C1. The van der Waals surface area contributed by atoms with Crippen molar-refractivity contribution < 1.29 is 9.47 Å². The van der Waals surface area contributed by atoms with E-state index in [1.165, 1.54) is 12.8 Å². The molecule has 3 heteroatoms. The average molecular weight is 267 g/mol. The fourth-order valence-corrected chi connectivity index (χ4v) is 3.07. The molecule has 2 heterocycles. The Kier molecular flexibility index (Phi) is 5.86. The number of hydrogen-bond donors (Lipinski definition) is 1. The highest BCUT2D eigenvalue weighted by molar-refractivity contribution is 4.97. The van der Waals surface area contributed by atoms with E-state index in [4.69, 9.17) is 9.47 Å². The Hall–Kier alpha value is -0.380. The van der Waals surface area contributed by atoms with Crippen LogP contribution < -0.4 is 5.32 Å². The summed E-state index contributed by atoms with van der Waals surface area (Å²) < 4.78 is 11.5. The average Bonchev–Trinajstić information content (AvgIpc) is 2.39. The van der Waals surface area contributed by atoms with E-state index >= 15 is 0 Å². The van der Waals surface area contributed by atoms with Crippen LogP contribution in [0, 0.1) is 5.92 Å². The van der Waals surface area contributed by atoms with Crippen molar-refractivity contribution in [2.24, 2.45) is 5.92 Å². The zero-order valence-electron chi connectivity index (χ0n) is 12.5. The van der Waals surface area contributed by atoms with Crippen LogP contribution in [-0.2, 0) is 9.47 Å². The third kappa shape index (κ3) is 4.90. The second-order valence-electron chi connectivity index (χ2n) is 6.22. The smallest absolute Gasteiger partial charge is 0.0732 e. The van der Waals surface area contributed by atoms with Crippen molar-refractivity contribution in [3.05, 3.63) is 12.2 Å². The molecule has 1 N–H and O–H groups in total.